The second-order valence-electron chi connectivity index (χ2n) is 7.39. The van der Waals surface area contributed by atoms with E-state index in [1.807, 2.05) is 41.8 Å². The van der Waals surface area contributed by atoms with E-state index in [0.717, 1.165) is 15.8 Å². The van der Waals surface area contributed by atoms with E-state index in [2.05, 4.69) is 15.1 Å². The maximum Gasteiger partial charge on any atom is 0.246 e. The van der Waals surface area contributed by atoms with Gasteiger partial charge in [0.05, 0.1) is 18.3 Å². The van der Waals surface area contributed by atoms with Crippen LogP contribution >= 0.6 is 11.3 Å². The van der Waals surface area contributed by atoms with Gasteiger partial charge in [0, 0.05) is 19.3 Å². The number of nitrogens with zero attached hydrogens (tertiary/aromatic N) is 5. The highest BCUT2D eigenvalue weighted by Gasteiger charge is 2.31. The molecule has 0 amide bonds. The average Bonchev–Trinajstić information content (AvgIpc) is 3.45. The van der Waals surface area contributed by atoms with Crippen molar-refractivity contribution in [1.82, 2.24) is 24.1 Å². The third-order valence-corrected chi connectivity index (χ3v) is 8.07. The fourth-order valence-electron chi connectivity index (χ4n) is 3.68. The van der Waals surface area contributed by atoms with Gasteiger partial charge in [0.25, 0.3) is 0 Å². The van der Waals surface area contributed by atoms with Crippen molar-refractivity contribution >= 4 is 31.6 Å². The van der Waals surface area contributed by atoms with E-state index in [1.54, 1.807) is 22.2 Å². The summed E-state index contributed by atoms with van der Waals surface area (Å²) in [6.45, 7) is 1.33. The number of benzene rings is 1. The first-order valence-electron chi connectivity index (χ1n) is 10.0. The number of fused-ring (bicyclic) bond motifs is 1. The van der Waals surface area contributed by atoms with Crippen molar-refractivity contribution < 1.29 is 13.2 Å². The van der Waals surface area contributed by atoms with Crippen molar-refractivity contribution in [2.24, 2.45) is 0 Å². The Kier molecular flexibility index (Phi) is 5.43. The van der Waals surface area contributed by atoms with Gasteiger partial charge in [-0.05, 0) is 29.9 Å². The molecule has 0 aliphatic carbocycles. The number of sulfonamides is 1. The van der Waals surface area contributed by atoms with Crippen LogP contribution in [-0.2, 0) is 16.6 Å². The lowest BCUT2D eigenvalue weighted by atomic mass is 10.1. The van der Waals surface area contributed by atoms with Crippen LogP contribution in [0.3, 0.4) is 0 Å². The Bertz CT molecular complexity index is 1280. The van der Waals surface area contributed by atoms with Crippen LogP contribution in [-0.4, -0.2) is 51.7 Å². The quantitative estimate of drug-likeness (QED) is 0.444. The topological polar surface area (TPSA) is 90.2 Å². The minimum atomic E-state index is -3.58. The molecule has 1 aromatic carbocycles. The molecule has 0 unspecified atom stereocenters. The summed E-state index contributed by atoms with van der Waals surface area (Å²) < 4.78 is 36.3. The monoisotopic (exact) mass is 455 g/mol. The van der Waals surface area contributed by atoms with Crippen LogP contribution in [0.1, 0.15) is 18.4 Å². The number of hydrogen-bond acceptors (Lipinski definition) is 7. The van der Waals surface area contributed by atoms with Crippen molar-refractivity contribution in [1.29, 1.82) is 0 Å². The summed E-state index contributed by atoms with van der Waals surface area (Å²) in [5.41, 5.74) is 1.93. The van der Waals surface area contributed by atoms with Crippen LogP contribution < -0.4 is 4.74 Å². The molecule has 5 rings (SSSR count). The van der Waals surface area contributed by atoms with E-state index in [-0.39, 0.29) is 11.0 Å². The molecule has 0 radical (unpaired) electrons. The van der Waals surface area contributed by atoms with Crippen molar-refractivity contribution in [3.05, 3.63) is 66.1 Å². The second-order valence-corrected chi connectivity index (χ2v) is 10.2. The van der Waals surface area contributed by atoms with Crippen LogP contribution in [0.4, 0.5) is 0 Å². The summed E-state index contributed by atoms with van der Waals surface area (Å²) in [6.07, 6.45) is 5.65. The lowest BCUT2D eigenvalue weighted by Crippen LogP contribution is -2.41. The largest absolute Gasteiger partial charge is 0.473 e. The normalized spacial score (nSPS) is 16.0. The zero-order valence-corrected chi connectivity index (χ0v) is 18.3. The summed E-state index contributed by atoms with van der Waals surface area (Å²) in [6, 6.07) is 11.8. The number of aromatic nitrogens is 4. The molecule has 0 atom stereocenters. The molecule has 8 nitrogen and oxygen atoms in total. The first-order chi connectivity index (χ1) is 15.1. The number of hydrogen-bond donors (Lipinski definition) is 0. The van der Waals surface area contributed by atoms with Crippen LogP contribution in [0.2, 0.25) is 0 Å². The van der Waals surface area contributed by atoms with Crippen LogP contribution in [0.25, 0.3) is 10.2 Å². The van der Waals surface area contributed by atoms with Crippen molar-refractivity contribution in [3.63, 3.8) is 0 Å². The van der Waals surface area contributed by atoms with Crippen molar-refractivity contribution in [2.45, 2.75) is 30.4 Å². The van der Waals surface area contributed by atoms with Gasteiger partial charge in [-0.3, -0.25) is 4.68 Å². The van der Waals surface area contributed by atoms with Gasteiger partial charge in [-0.15, -0.1) is 11.3 Å². The van der Waals surface area contributed by atoms with E-state index >= 15 is 0 Å². The van der Waals surface area contributed by atoms with E-state index in [9.17, 15) is 8.42 Å². The molecule has 1 saturated heterocycles. The molecular formula is C21H21N5O3S2. The molecule has 3 aromatic heterocycles. The Labute approximate surface area is 184 Å². The minimum absolute atomic E-state index is 0.0764. The molecule has 10 heteroatoms. The smallest absolute Gasteiger partial charge is 0.246 e. The van der Waals surface area contributed by atoms with Crippen LogP contribution in [0.15, 0.2) is 65.4 Å². The van der Waals surface area contributed by atoms with E-state index in [1.165, 1.54) is 16.8 Å². The third kappa shape index (κ3) is 4.18. The van der Waals surface area contributed by atoms with Gasteiger partial charge in [0.15, 0.2) is 0 Å². The second kappa shape index (κ2) is 8.37. The first-order valence-corrected chi connectivity index (χ1v) is 12.3. The van der Waals surface area contributed by atoms with E-state index in [4.69, 9.17) is 4.74 Å². The van der Waals surface area contributed by atoms with E-state index < -0.39 is 10.0 Å². The number of piperidine rings is 1. The Morgan fingerprint density at radius 1 is 1.10 bits per heavy atom. The summed E-state index contributed by atoms with van der Waals surface area (Å²) in [5.74, 6) is 0.573. The summed E-state index contributed by atoms with van der Waals surface area (Å²) in [4.78, 5) is 8.71. The molecule has 31 heavy (non-hydrogen) atoms. The highest BCUT2D eigenvalue weighted by molar-refractivity contribution is 7.89. The average molecular weight is 456 g/mol. The molecule has 0 bridgehead atoms. The maximum atomic E-state index is 13.1. The van der Waals surface area contributed by atoms with Gasteiger partial charge >= 0.3 is 0 Å². The Hall–Kier alpha value is -2.82. The predicted molar refractivity (Wildman–Crippen MR) is 118 cm³/mol. The fourth-order valence-corrected chi connectivity index (χ4v) is 5.88. The third-order valence-electron chi connectivity index (χ3n) is 5.32. The standard InChI is InChI=1S/C21H21N5O3S2/c27-31(28,18-12-24-25(14-18)13-16-4-2-1-3-5-16)26-9-6-17(7-10-26)29-21-20-19(8-11-30-20)22-15-23-21/h1-5,8,11-12,14-15,17H,6-7,9-10,13H2. The zero-order chi connectivity index (χ0) is 21.3. The molecule has 160 valence electrons. The highest BCUT2D eigenvalue weighted by Crippen LogP contribution is 2.29. The molecule has 1 aliphatic rings. The number of thiophene rings is 1. The highest BCUT2D eigenvalue weighted by atomic mass is 32.2. The van der Waals surface area contributed by atoms with Crippen LogP contribution in [0, 0.1) is 0 Å². The molecule has 1 fully saturated rings. The molecule has 1 aliphatic heterocycles. The Balaban J connectivity index is 1.23. The predicted octanol–water partition coefficient (Wildman–Crippen LogP) is 3.17. The Morgan fingerprint density at radius 2 is 1.90 bits per heavy atom. The summed E-state index contributed by atoms with van der Waals surface area (Å²) in [7, 11) is -3.58. The first kappa shape index (κ1) is 20.1. The molecule has 0 spiro atoms. The lowest BCUT2D eigenvalue weighted by Gasteiger charge is -2.30. The lowest BCUT2D eigenvalue weighted by molar-refractivity contribution is 0.132. The minimum Gasteiger partial charge on any atom is -0.473 e. The van der Waals surface area contributed by atoms with Crippen LogP contribution in [0.5, 0.6) is 5.88 Å². The fraction of sp³-hybridized carbons (Fsp3) is 0.286. The van der Waals surface area contributed by atoms with Crippen molar-refractivity contribution in [3.8, 4) is 5.88 Å². The van der Waals surface area contributed by atoms with E-state index in [0.29, 0.717) is 38.4 Å². The summed E-state index contributed by atoms with van der Waals surface area (Å²) in [5, 5.41) is 6.20. The number of rotatable bonds is 6. The maximum absolute atomic E-state index is 13.1. The summed E-state index contributed by atoms with van der Waals surface area (Å²) >= 11 is 1.54. The molecule has 0 saturated carbocycles. The van der Waals surface area contributed by atoms with Gasteiger partial charge in [0.2, 0.25) is 15.9 Å². The van der Waals surface area contributed by atoms with Crippen molar-refractivity contribution in [2.75, 3.05) is 13.1 Å². The molecular weight excluding hydrogens is 434 g/mol. The molecule has 4 heterocycles. The Morgan fingerprint density at radius 3 is 2.71 bits per heavy atom. The van der Waals surface area contributed by atoms with Gasteiger partial charge in [-0.2, -0.15) is 9.40 Å². The van der Waals surface area contributed by atoms with Gasteiger partial charge in [-0.25, -0.2) is 18.4 Å². The zero-order valence-electron chi connectivity index (χ0n) is 16.7. The van der Waals surface area contributed by atoms with Gasteiger partial charge < -0.3 is 4.74 Å². The van der Waals surface area contributed by atoms with Gasteiger partial charge in [-0.1, -0.05) is 30.3 Å². The SMILES string of the molecule is O=S(=O)(c1cnn(Cc2ccccc2)c1)N1CCC(Oc2ncnc3ccsc23)CC1. The van der Waals surface area contributed by atoms with Gasteiger partial charge in [0.1, 0.15) is 22.0 Å². The number of ether oxygens (including phenoxy) is 1. The molecule has 4 aromatic rings. The molecule has 0 N–H and O–H groups in total.